The summed E-state index contributed by atoms with van der Waals surface area (Å²) in [6.07, 6.45) is 1.45. The van der Waals surface area contributed by atoms with Gasteiger partial charge in [-0.1, -0.05) is 5.16 Å². The zero-order valence-electron chi connectivity index (χ0n) is 6.41. The van der Waals surface area contributed by atoms with Gasteiger partial charge in [0, 0.05) is 19.2 Å². The highest BCUT2D eigenvalue weighted by Gasteiger charge is 2.20. The first-order valence-corrected chi connectivity index (χ1v) is 3.78. The van der Waals surface area contributed by atoms with Crippen molar-refractivity contribution < 1.29 is 9.32 Å². The normalized spacial score (nSPS) is 17.0. The quantitative estimate of drug-likeness (QED) is 0.615. The number of hydrogen-bond acceptors (Lipinski definition) is 4. The fraction of sp³-hybridized carbons (Fsp3) is 0.429. The van der Waals surface area contributed by atoms with Gasteiger partial charge < -0.3 is 15.2 Å². The summed E-state index contributed by atoms with van der Waals surface area (Å²) in [5.41, 5.74) is 0. The molecule has 0 aliphatic carbocycles. The van der Waals surface area contributed by atoms with Crippen LogP contribution in [0.3, 0.4) is 0 Å². The van der Waals surface area contributed by atoms with Crippen molar-refractivity contribution >= 4 is 5.91 Å². The summed E-state index contributed by atoms with van der Waals surface area (Å²) >= 11 is 0. The minimum atomic E-state index is -0.195. The zero-order valence-corrected chi connectivity index (χ0v) is 6.41. The second-order valence-corrected chi connectivity index (χ2v) is 2.71. The number of hydrogen-bond donors (Lipinski definition) is 2. The Morgan fingerprint density at radius 1 is 1.75 bits per heavy atom. The third-order valence-electron chi connectivity index (χ3n) is 1.78. The van der Waals surface area contributed by atoms with Crippen LogP contribution in [0.25, 0.3) is 0 Å². The van der Waals surface area contributed by atoms with Crippen LogP contribution in [0.15, 0.2) is 16.8 Å². The standard InChI is InChI=1S/C7H9N3O2/c11-7(6-1-2-9-12-6)10-5-3-8-4-5/h1-2,5,8H,3-4H2,(H,10,11). The summed E-state index contributed by atoms with van der Waals surface area (Å²) in [5, 5.41) is 9.28. The average Bonchev–Trinajstić information content (AvgIpc) is 2.47. The van der Waals surface area contributed by atoms with Crippen molar-refractivity contribution in [2.75, 3.05) is 13.1 Å². The lowest BCUT2D eigenvalue weighted by Crippen LogP contribution is -2.56. The van der Waals surface area contributed by atoms with Crippen molar-refractivity contribution in [1.82, 2.24) is 15.8 Å². The molecule has 1 aliphatic heterocycles. The topological polar surface area (TPSA) is 67.2 Å². The van der Waals surface area contributed by atoms with Crippen LogP contribution < -0.4 is 10.6 Å². The number of rotatable bonds is 2. The van der Waals surface area contributed by atoms with Gasteiger partial charge in [0.2, 0.25) is 5.76 Å². The van der Waals surface area contributed by atoms with Crippen molar-refractivity contribution in [3.05, 3.63) is 18.0 Å². The monoisotopic (exact) mass is 167 g/mol. The highest BCUT2D eigenvalue weighted by Crippen LogP contribution is 1.98. The van der Waals surface area contributed by atoms with E-state index in [0.717, 1.165) is 13.1 Å². The Morgan fingerprint density at radius 2 is 2.58 bits per heavy atom. The molecule has 1 fully saturated rings. The van der Waals surface area contributed by atoms with Crippen molar-refractivity contribution in [2.24, 2.45) is 0 Å². The second kappa shape index (κ2) is 2.94. The first-order chi connectivity index (χ1) is 5.86. The first kappa shape index (κ1) is 7.30. The van der Waals surface area contributed by atoms with Crippen LogP contribution in [0.5, 0.6) is 0 Å². The Bertz CT molecular complexity index is 266. The molecular weight excluding hydrogens is 158 g/mol. The van der Waals surface area contributed by atoms with Gasteiger partial charge in [-0.2, -0.15) is 0 Å². The van der Waals surface area contributed by atoms with E-state index in [2.05, 4.69) is 20.3 Å². The molecule has 2 N–H and O–H groups in total. The van der Waals surface area contributed by atoms with Crippen LogP contribution >= 0.6 is 0 Å². The molecule has 5 heteroatoms. The summed E-state index contributed by atoms with van der Waals surface area (Å²) in [7, 11) is 0. The van der Waals surface area contributed by atoms with E-state index in [1.54, 1.807) is 6.07 Å². The van der Waals surface area contributed by atoms with Gasteiger partial charge >= 0.3 is 0 Å². The lowest BCUT2D eigenvalue weighted by atomic mass is 10.2. The summed E-state index contributed by atoms with van der Waals surface area (Å²) < 4.78 is 4.68. The minimum absolute atomic E-state index is 0.195. The van der Waals surface area contributed by atoms with Crippen LogP contribution in [0, 0.1) is 0 Å². The van der Waals surface area contributed by atoms with Gasteiger partial charge in [-0.3, -0.25) is 4.79 Å². The molecule has 0 spiro atoms. The molecule has 5 nitrogen and oxygen atoms in total. The van der Waals surface area contributed by atoms with Crippen molar-refractivity contribution in [2.45, 2.75) is 6.04 Å². The molecule has 1 aromatic rings. The second-order valence-electron chi connectivity index (χ2n) is 2.71. The highest BCUT2D eigenvalue weighted by atomic mass is 16.5. The molecule has 1 saturated heterocycles. The van der Waals surface area contributed by atoms with E-state index in [0.29, 0.717) is 0 Å². The fourth-order valence-electron chi connectivity index (χ4n) is 0.980. The van der Waals surface area contributed by atoms with E-state index < -0.39 is 0 Å². The number of carbonyl (C=O) groups excluding carboxylic acids is 1. The summed E-state index contributed by atoms with van der Waals surface area (Å²) in [6.45, 7) is 1.67. The number of amides is 1. The van der Waals surface area contributed by atoms with E-state index in [9.17, 15) is 4.79 Å². The van der Waals surface area contributed by atoms with Crippen molar-refractivity contribution in [3.8, 4) is 0 Å². The lowest BCUT2D eigenvalue weighted by molar-refractivity contribution is 0.0886. The molecule has 0 unspecified atom stereocenters. The molecule has 12 heavy (non-hydrogen) atoms. The molecule has 1 aromatic heterocycles. The van der Waals surface area contributed by atoms with Crippen LogP contribution in [-0.4, -0.2) is 30.2 Å². The minimum Gasteiger partial charge on any atom is -0.351 e. The average molecular weight is 167 g/mol. The van der Waals surface area contributed by atoms with E-state index in [-0.39, 0.29) is 17.7 Å². The van der Waals surface area contributed by atoms with Crippen LogP contribution in [-0.2, 0) is 0 Å². The maximum Gasteiger partial charge on any atom is 0.290 e. The lowest BCUT2D eigenvalue weighted by Gasteiger charge is -2.27. The molecule has 0 bridgehead atoms. The Labute approximate surface area is 69.1 Å². The number of nitrogens with zero attached hydrogens (tertiary/aromatic N) is 1. The maximum atomic E-state index is 11.2. The Balaban J connectivity index is 1.92. The first-order valence-electron chi connectivity index (χ1n) is 3.78. The smallest absolute Gasteiger partial charge is 0.290 e. The zero-order chi connectivity index (χ0) is 8.39. The predicted octanol–water partition coefficient (Wildman–Crippen LogP) is -0.624. The Kier molecular flexibility index (Phi) is 1.79. The van der Waals surface area contributed by atoms with Gasteiger partial charge in [-0.15, -0.1) is 0 Å². The van der Waals surface area contributed by atoms with Crippen molar-refractivity contribution in [3.63, 3.8) is 0 Å². The van der Waals surface area contributed by atoms with Gasteiger partial charge in [-0.25, -0.2) is 0 Å². The Hall–Kier alpha value is -1.36. The molecule has 64 valence electrons. The molecule has 1 amide bonds. The van der Waals surface area contributed by atoms with E-state index in [1.165, 1.54) is 6.20 Å². The van der Waals surface area contributed by atoms with Gasteiger partial charge in [0.05, 0.1) is 12.2 Å². The third kappa shape index (κ3) is 1.31. The van der Waals surface area contributed by atoms with E-state index in [1.807, 2.05) is 0 Å². The summed E-state index contributed by atoms with van der Waals surface area (Å²) in [6, 6.07) is 1.78. The molecule has 1 aliphatic rings. The highest BCUT2D eigenvalue weighted by molar-refractivity contribution is 5.91. The van der Waals surface area contributed by atoms with Crippen molar-refractivity contribution in [1.29, 1.82) is 0 Å². The van der Waals surface area contributed by atoms with Gasteiger partial charge in [0.25, 0.3) is 5.91 Å². The van der Waals surface area contributed by atoms with Gasteiger partial charge in [-0.05, 0) is 0 Å². The molecule has 0 aromatic carbocycles. The van der Waals surface area contributed by atoms with Gasteiger partial charge in [0.15, 0.2) is 0 Å². The number of carbonyl (C=O) groups is 1. The predicted molar refractivity (Wildman–Crippen MR) is 40.6 cm³/mol. The molecule has 0 atom stereocenters. The van der Waals surface area contributed by atoms with Crippen LogP contribution in [0.1, 0.15) is 10.6 Å². The summed E-state index contributed by atoms with van der Waals surface area (Å²) in [4.78, 5) is 11.2. The molecule has 2 heterocycles. The van der Waals surface area contributed by atoms with Crippen LogP contribution in [0.4, 0.5) is 0 Å². The largest absolute Gasteiger partial charge is 0.351 e. The van der Waals surface area contributed by atoms with Gasteiger partial charge in [0.1, 0.15) is 0 Å². The van der Waals surface area contributed by atoms with E-state index in [4.69, 9.17) is 0 Å². The molecular formula is C7H9N3O2. The Morgan fingerprint density at radius 3 is 3.08 bits per heavy atom. The van der Waals surface area contributed by atoms with E-state index >= 15 is 0 Å². The maximum absolute atomic E-state index is 11.2. The molecule has 0 radical (unpaired) electrons. The summed E-state index contributed by atoms with van der Waals surface area (Å²) in [5.74, 6) is 0.0703. The number of aromatic nitrogens is 1. The SMILES string of the molecule is O=C(NC1CNC1)c1ccno1. The third-order valence-corrected chi connectivity index (χ3v) is 1.78. The van der Waals surface area contributed by atoms with Crippen LogP contribution in [0.2, 0.25) is 0 Å². The molecule has 0 saturated carbocycles. The molecule has 2 rings (SSSR count). The fourth-order valence-corrected chi connectivity index (χ4v) is 0.980. The number of nitrogens with one attached hydrogen (secondary N) is 2.